The highest BCUT2D eigenvalue weighted by Crippen LogP contribution is 2.27. The predicted molar refractivity (Wildman–Crippen MR) is 83.1 cm³/mol. The summed E-state index contributed by atoms with van der Waals surface area (Å²) in [6, 6.07) is 6.33. The first kappa shape index (κ1) is 13.5. The van der Waals surface area contributed by atoms with Gasteiger partial charge in [0, 0.05) is 13.0 Å². The van der Waals surface area contributed by atoms with Crippen LogP contribution in [0.15, 0.2) is 18.2 Å². The summed E-state index contributed by atoms with van der Waals surface area (Å²) < 4.78 is 7.81. The first-order chi connectivity index (χ1) is 9.76. The van der Waals surface area contributed by atoms with Crippen molar-refractivity contribution in [3.63, 3.8) is 0 Å². The van der Waals surface area contributed by atoms with E-state index >= 15 is 0 Å². The summed E-state index contributed by atoms with van der Waals surface area (Å²) >= 11 is 0. The van der Waals surface area contributed by atoms with Gasteiger partial charge in [-0.05, 0) is 31.0 Å². The topological polar surface area (TPSA) is 15.5 Å². The molecule has 0 amide bonds. The highest BCUT2D eigenvalue weighted by atomic mass is 16.5. The number of benzene rings is 1. The summed E-state index contributed by atoms with van der Waals surface area (Å²) in [5.74, 6) is 1.81. The van der Waals surface area contributed by atoms with Gasteiger partial charge in [-0.2, -0.15) is 0 Å². The normalized spacial score (nSPS) is 19.5. The summed E-state index contributed by atoms with van der Waals surface area (Å²) in [5.41, 5.74) is 2.57. The smallest absolute Gasteiger partial charge is 0.218 e. The molecule has 1 aromatic carbocycles. The Morgan fingerprint density at radius 1 is 1.25 bits per heavy atom. The largest absolute Gasteiger partial charge is 0.497 e. The minimum atomic E-state index is 0.876. The summed E-state index contributed by atoms with van der Waals surface area (Å²) in [4.78, 5) is 2.33. The fraction of sp³-hybridized carbons (Fsp3) is 0.588. The first-order valence-corrected chi connectivity index (χ1v) is 7.74. The second kappa shape index (κ2) is 5.86. The van der Waals surface area contributed by atoms with Crippen molar-refractivity contribution in [2.45, 2.75) is 32.1 Å². The molecule has 1 saturated carbocycles. The lowest BCUT2D eigenvalue weighted by Crippen LogP contribution is -2.37. The molecule has 2 aliphatic rings. The average Bonchev–Trinajstić information content (AvgIpc) is 2.47. The molecule has 1 fully saturated rings. The van der Waals surface area contributed by atoms with Crippen LogP contribution < -0.4 is 9.64 Å². The van der Waals surface area contributed by atoms with Gasteiger partial charge >= 0.3 is 0 Å². The minimum absolute atomic E-state index is 0.876. The highest BCUT2D eigenvalue weighted by Gasteiger charge is 2.24. The van der Waals surface area contributed by atoms with E-state index in [0.29, 0.717) is 0 Å². The third-order valence-corrected chi connectivity index (χ3v) is 4.58. The Hall–Kier alpha value is -1.51. The summed E-state index contributed by atoms with van der Waals surface area (Å²) in [5, 5.41) is 0. The Morgan fingerprint density at radius 2 is 2.05 bits per heavy atom. The van der Waals surface area contributed by atoms with Gasteiger partial charge in [-0.3, -0.25) is 0 Å². The van der Waals surface area contributed by atoms with Crippen LogP contribution in [0.2, 0.25) is 0 Å². The fourth-order valence-corrected chi connectivity index (χ4v) is 3.51. The van der Waals surface area contributed by atoms with E-state index in [4.69, 9.17) is 4.74 Å². The molecule has 0 radical (unpaired) electrons. The van der Waals surface area contributed by atoms with E-state index in [0.717, 1.165) is 18.3 Å². The minimum Gasteiger partial charge on any atom is -0.497 e. The van der Waals surface area contributed by atoms with E-state index in [1.54, 1.807) is 7.11 Å². The van der Waals surface area contributed by atoms with Gasteiger partial charge in [-0.1, -0.05) is 19.3 Å². The van der Waals surface area contributed by atoms with Gasteiger partial charge in [-0.25, -0.2) is 4.58 Å². The number of rotatable bonds is 3. The molecular weight excluding hydrogens is 248 g/mol. The molecule has 1 heterocycles. The Labute approximate surface area is 121 Å². The van der Waals surface area contributed by atoms with Crippen LogP contribution in [0.5, 0.6) is 5.75 Å². The van der Waals surface area contributed by atoms with E-state index < -0.39 is 0 Å². The number of methoxy groups -OCH3 is 1. The van der Waals surface area contributed by atoms with Crippen molar-refractivity contribution in [3.05, 3.63) is 23.8 Å². The molecule has 0 saturated heterocycles. The van der Waals surface area contributed by atoms with Crippen LogP contribution in [-0.2, 0) is 0 Å². The van der Waals surface area contributed by atoms with Gasteiger partial charge in [0.25, 0.3) is 0 Å². The highest BCUT2D eigenvalue weighted by molar-refractivity contribution is 5.87. The molecular formula is C17H25N2O+. The molecule has 20 heavy (non-hydrogen) atoms. The van der Waals surface area contributed by atoms with Crippen molar-refractivity contribution in [1.82, 2.24) is 0 Å². The van der Waals surface area contributed by atoms with Gasteiger partial charge < -0.3 is 9.64 Å². The van der Waals surface area contributed by atoms with E-state index in [2.05, 4.69) is 34.9 Å². The van der Waals surface area contributed by atoms with Crippen molar-refractivity contribution in [2.75, 3.05) is 32.3 Å². The van der Waals surface area contributed by atoms with Crippen LogP contribution in [0.4, 0.5) is 5.69 Å². The van der Waals surface area contributed by atoms with Gasteiger partial charge in [-0.15, -0.1) is 0 Å². The van der Waals surface area contributed by atoms with Crippen molar-refractivity contribution in [3.8, 4) is 5.75 Å². The first-order valence-electron chi connectivity index (χ1n) is 7.74. The molecule has 0 N–H and O–H groups in total. The zero-order valence-corrected chi connectivity index (χ0v) is 12.6. The summed E-state index contributed by atoms with van der Waals surface area (Å²) in [7, 11) is 3.90. The molecule has 0 bridgehead atoms. The second-order valence-electron chi connectivity index (χ2n) is 6.17. The standard InChI is InChI=1S/C17H25N2O/c1-18-13-19(11-14-6-4-3-5-7-14)12-15-10-16(20-2)8-9-17(15)18/h8-10,12,14H,3-7,11,13H2,1-2H3/q+1. The van der Waals surface area contributed by atoms with Crippen molar-refractivity contribution in [2.24, 2.45) is 5.92 Å². The molecule has 1 aromatic rings. The zero-order chi connectivity index (χ0) is 13.9. The molecule has 1 aliphatic carbocycles. The molecule has 1 aliphatic heterocycles. The van der Waals surface area contributed by atoms with Gasteiger partial charge in [0.1, 0.15) is 12.3 Å². The zero-order valence-electron chi connectivity index (χ0n) is 12.6. The van der Waals surface area contributed by atoms with Crippen LogP contribution in [0, 0.1) is 5.92 Å². The number of anilines is 1. The Morgan fingerprint density at radius 3 is 2.80 bits per heavy atom. The molecule has 3 rings (SSSR count). The third-order valence-electron chi connectivity index (χ3n) is 4.58. The predicted octanol–water partition coefficient (Wildman–Crippen LogP) is 3.11. The van der Waals surface area contributed by atoms with Crippen LogP contribution in [0.1, 0.15) is 37.7 Å². The van der Waals surface area contributed by atoms with E-state index in [1.807, 2.05) is 6.07 Å². The molecule has 0 unspecified atom stereocenters. The molecule has 0 aromatic heterocycles. The van der Waals surface area contributed by atoms with Crippen LogP contribution >= 0.6 is 0 Å². The average molecular weight is 273 g/mol. The molecule has 0 spiro atoms. The van der Waals surface area contributed by atoms with Crippen LogP contribution in [-0.4, -0.2) is 38.2 Å². The fourth-order valence-electron chi connectivity index (χ4n) is 3.51. The number of hydrogen-bond acceptors (Lipinski definition) is 2. The number of hydrogen-bond donors (Lipinski definition) is 0. The lowest BCUT2D eigenvalue weighted by Gasteiger charge is -2.26. The van der Waals surface area contributed by atoms with Gasteiger partial charge in [0.05, 0.1) is 18.4 Å². The van der Waals surface area contributed by atoms with Gasteiger partial charge in [0.2, 0.25) is 6.67 Å². The van der Waals surface area contributed by atoms with E-state index in [1.165, 1.54) is 49.9 Å². The monoisotopic (exact) mass is 273 g/mol. The van der Waals surface area contributed by atoms with Crippen molar-refractivity contribution >= 4 is 11.9 Å². The Bertz CT molecular complexity index is 504. The molecule has 3 heteroatoms. The van der Waals surface area contributed by atoms with Gasteiger partial charge in [0.15, 0.2) is 6.21 Å². The van der Waals surface area contributed by atoms with Crippen LogP contribution in [0.25, 0.3) is 0 Å². The molecule has 0 atom stereocenters. The lowest BCUT2D eigenvalue weighted by atomic mass is 9.89. The quantitative estimate of drug-likeness (QED) is 0.786. The SMILES string of the molecule is COc1ccc2c(c1)C=[N+](CC1CCCCC1)CN2C. The maximum atomic E-state index is 5.34. The molecule has 108 valence electrons. The maximum Gasteiger partial charge on any atom is 0.218 e. The molecule has 3 nitrogen and oxygen atoms in total. The Kier molecular flexibility index (Phi) is 3.95. The van der Waals surface area contributed by atoms with Crippen LogP contribution in [0.3, 0.4) is 0 Å². The number of ether oxygens (including phenoxy) is 1. The maximum absolute atomic E-state index is 5.34. The number of fused-ring (bicyclic) bond motifs is 1. The summed E-state index contributed by atoms with van der Waals surface area (Å²) in [6.07, 6.45) is 9.38. The lowest BCUT2D eigenvalue weighted by molar-refractivity contribution is -0.531. The Balaban J connectivity index is 1.80. The van der Waals surface area contributed by atoms with E-state index in [-0.39, 0.29) is 0 Å². The number of nitrogens with zero attached hydrogens (tertiary/aromatic N) is 2. The van der Waals surface area contributed by atoms with E-state index in [9.17, 15) is 0 Å². The summed E-state index contributed by atoms with van der Waals surface area (Å²) in [6.45, 7) is 2.19. The van der Waals surface area contributed by atoms with Crippen molar-refractivity contribution in [1.29, 1.82) is 0 Å². The second-order valence-corrected chi connectivity index (χ2v) is 6.17. The third kappa shape index (κ3) is 2.82. The van der Waals surface area contributed by atoms with Crippen molar-refractivity contribution < 1.29 is 9.31 Å².